The van der Waals surface area contributed by atoms with E-state index in [1.54, 1.807) is 11.8 Å². The van der Waals surface area contributed by atoms with Crippen LogP contribution in [0.1, 0.15) is 47.1 Å². The van der Waals surface area contributed by atoms with E-state index in [0.717, 1.165) is 49.7 Å². The first-order valence-electron chi connectivity index (χ1n) is 15.8. The number of nitrogens with one attached hydrogen (secondary N) is 2. The van der Waals surface area contributed by atoms with Crippen LogP contribution in [-0.4, -0.2) is 28.0 Å². The molecule has 0 spiro atoms. The summed E-state index contributed by atoms with van der Waals surface area (Å²) in [6, 6.07) is 40.0. The third kappa shape index (κ3) is 8.67. The number of carbonyl (C=O) groups excluding carboxylic acids is 1. The molecule has 6 rings (SSSR count). The molecule has 1 aliphatic rings. The van der Waals surface area contributed by atoms with Crippen LogP contribution in [0.3, 0.4) is 0 Å². The van der Waals surface area contributed by atoms with Crippen LogP contribution in [0.25, 0.3) is 11.1 Å². The molecule has 7 nitrogen and oxygen atoms in total. The van der Waals surface area contributed by atoms with E-state index in [-0.39, 0.29) is 30.8 Å². The summed E-state index contributed by atoms with van der Waals surface area (Å²) in [4.78, 5) is 16.9. The van der Waals surface area contributed by atoms with Crippen LogP contribution in [-0.2, 0) is 29.2 Å². The van der Waals surface area contributed by atoms with Crippen molar-refractivity contribution in [3.05, 3.63) is 155 Å². The number of hydrogen-bond donors (Lipinski definition) is 3. The van der Waals surface area contributed by atoms with Crippen LogP contribution in [0.2, 0.25) is 0 Å². The highest BCUT2D eigenvalue weighted by Crippen LogP contribution is 2.43. The maximum atomic E-state index is 12.4. The first-order valence-corrected chi connectivity index (χ1v) is 16.8. The molecule has 1 fully saturated rings. The van der Waals surface area contributed by atoms with E-state index < -0.39 is 6.29 Å². The number of aromatic nitrogens is 1. The van der Waals surface area contributed by atoms with E-state index in [1.807, 2.05) is 103 Å². The largest absolute Gasteiger partial charge is 0.392 e. The first-order chi connectivity index (χ1) is 23.1. The highest BCUT2D eigenvalue weighted by Gasteiger charge is 2.38. The van der Waals surface area contributed by atoms with Crippen LogP contribution in [0.5, 0.6) is 0 Å². The molecule has 1 saturated heterocycles. The van der Waals surface area contributed by atoms with Crippen molar-refractivity contribution in [3.63, 3.8) is 0 Å². The lowest BCUT2D eigenvalue weighted by Gasteiger charge is -2.41. The van der Waals surface area contributed by atoms with Crippen LogP contribution < -0.4 is 10.6 Å². The fourth-order valence-corrected chi connectivity index (χ4v) is 6.69. The molecular formula is C39H39N3O4S. The number of aliphatic hydroxyl groups is 1. The summed E-state index contributed by atoms with van der Waals surface area (Å²) >= 11 is 1.68. The fraction of sp³-hybridized carbons (Fsp3) is 0.231. The van der Waals surface area contributed by atoms with E-state index in [2.05, 4.69) is 46.8 Å². The van der Waals surface area contributed by atoms with E-state index in [9.17, 15) is 9.90 Å². The third-order valence-electron chi connectivity index (χ3n) is 8.32. The molecular weight excluding hydrogens is 607 g/mol. The molecule has 0 saturated carbocycles. The Labute approximate surface area is 280 Å². The number of carbonyl (C=O) groups is 1. The standard InChI is InChI=1S/C39H39N3O4S/c1-27-35(26-47-36-15-5-6-20-40-36)45-38(46-37(27)31-18-16-29(25-43)17-19-31)34-14-8-13-33(22-34)32-12-7-11-30(21-32)24-42-39(44)41-23-28-9-3-2-4-10-28/h2-22,27,35,37-38,43H,23-26H2,1H3,(H2,41,42,44). The Balaban J connectivity index is 1.17. The Morgan fingerprint density at radius 3 is 2.19 bits per heavy atom. The summed E-state index contributed by atoms with van der Waals surface area (Å²) < 4.78 is 13.4. The first kappa shape index (κ1) is 32.5. The van der Waals surface area contributed by atoms with Gasteiger partial charge in [-0.05, 0) is 57.6 Å². The fourth-order valence-electron chi connectivity index (χ4n) is 5.66. The van der Waals surface area contributed by atoms with Crippen LogP contribution in [0, 0.1) is 5.92 Å². The predicted molar refractivity (Wildman–Crippen MR) is 185 cm³/mol. The Kier molecular flexibility index (Phi) is 11.0. The van der Waals surface area contributed by atoms with Gasteiger partial charge in [0.2, 0.25) is 0 Å². The number of amides is 2. The minimum absolute atomic E-state index is 0.00193. The van der Waals surface area contributed by atoms with Crippen molar-refractivity contribution in [2.75, 3.05) is 5.75 Å². The SMILES string of the molecule is CC1C(CSc2ccccn2)OC(c2cccc(-c3cccc(CNC(=O)NCc4ccccc4)c3)c2)OC1c1ccc(CO)cc1. The van der Waals surface area contributed by atoms with Crippen molar-refractivity contribution < 1.29 is 19.4 Å². The molecule has 3 N–H and O–H groups in total. The number of hydrogen-bond acceptors (Lipinski definition) is 6. The summed E-state index contributed by atoms with van der Waals surface area (Å²) in [5.74, 6) is 0.816. The second-order valence-corrected chi connectivity index (χ2v) is 12.7. The molecule has 240 valence electrons. The molecule has 2 amide bonds. The lowest BCUT2D eigenvalue weighted by molar-refractivity contribution is -0.268. The van der Waals surface area contributed by atoms with E-state index in [4.69, 9.17) is 9.47 Å². The number of thioether (sulfide) groups is 1. The second kappa shape index (κ2) is 15.9. The van der Waals surface area contributed by atoms with Crippen molar-refractivity contribution in [1.82, 2.24) is 15.6 Å². The number of aliphatic hydroxyl groups excluding tert-OH is 1. The molecule has 0 bridgehead atoms. The van der Waals surface area contributed by atoms with Crippen molar-refractivity contribution in [3.8, 4) is 11.1 Å². The lowest BCUT2D eigenvalue weighted by Crippen LogP contribution is -2.38. The molecule has 4 unspecified atom stereocenters. The number of rotatable bonds is 11. The molecule has 0 radical (unpaired) electrons. The zero-order valence-corrected chi connectivity index (χ0v) is 27.1. The molecule has 5 aromatic rings. The molecule has 8 heteroatoms. The molecule has 1 aliphatic heterocycles. The van der Waals surface area contributed by atoms with Gasteiger partial charge in [0.05, 0.1) is 23.8 Å². The maximum absolute atomic E-state index is 12.4. The molecule has 4 aromatic carbocycles. The van der Waals surface area contributed by atoms with Gasteiger partial charge in [-0.2, -0.15) is 0 Å². The number of nitrogens with zero attached hydrogens (tertiary/aromatic N) is 1. The van der Waals surface area contributed by atoms with Crippen LogP contribution in [0.15, 0.2) is 133 Å². The maximum Gasteiger partial charge on any atom is 0.315 e. The molecule has 4 atom stereocenters. The number of benzene rings is 4. The van der Waals surface area contributed by atoms with Crippen LogP contribution in [0.4, 0.5) is 4.79 Å². The minimum atomic E-state index is -0.568. The summed E-state index contributed by atoms with van der Waals surface area (Å²) in [6.45, 7) is 3.05. The average molecular weight is 646 g/mol. The number of urea groups is 1. The highest BCUT2D eigenvalue weighted by molar-refractivity contribution is 7.99. The Morgan fingerprint density at radius 2 is 1.45 bits per heavy atom. The van der Waals surface area contributed by atoms with Crippen molar-refractivity contribution in [1.29, 1.82) is 0 Å². The topological polar surface area (TPSA) is 92.7 Å². The monoisotopic (exact) mass is 645 g/mol. The zero-order chi connectivity index (χ0) is 32.4. The average Bonchev–Trinajstić information content (AvgIpc) is 3.14. The Morgan fingerprint density at radius 1 is 0.745 bits per heavy atom. The molecule has 0 aliphatic carbocycles. The molecule has 1 aromatic heterocycles. The highest BCUT2D eigenvalue weighted by atomic mass is 32.2. The summed E-state index contributed by atoms with van der Waals surface area (Å²) in [7, 11) is 0. The van der Waals surface area contributed by atoms with Gasteiger partial charge in [-0.1, -0.05) is 104 Å². The second-order valence-electron chi connectivity index (χ2n) is 11.6. The van der Waals surface area contributed by atoms with Crippen LogP contribution >= 0.6 is 11.8 Å². The quantitative estimate of drug-likeness (QED) is 0.127. The van der Waals surface area contributed by atoms with Gasteiger partial charge in [-0.25, -0.2) is 9.78 Å². The molecule has 2 heterocycles. The summed E-state index contributed by atoms with van der Waals surface area (Å²) in [5.41, 5.74) is 6.98. The lowest BCUT2D eigenvalue weighted by atomic mass is 9.91. The van der Waals surface area contributed by atoms with Gasteiger partial charge in [0.1, 0.15) is 0 Å². The zero-order valence-electron chi connectivity index (χ0n) is 26.3. The smallest absolute Gasteiger partial charge is 0.315 e. The minimum Gasteiger partial charge on any atom is -0.392 e. The Bertz CT molecular complexity index is 1740. The van der Waals surface area contributed by atoms with E-state index >= 15 is 0 Å². The van der Waals surface area contributed by atoms with Gasteiger partial charge in [0.25, 0.3) is 0 Å². The van der Waals surface area contributed by atoms with E-state index in [1.165, 1.54) is 0 Å². The Hall–Kier alpha value is -4.47. The predicted octanol–water partition coefficient (Wildman–Crippen LogP) is 7.82. The normalized spacial score (nSPS) is 19.2. The van der Waals surface area contributed by atoms with Gasteiger partial charge < -0.3 is 25.2 Å². The van der Waals surface area contributed by atoms with Gasteiger partial charge in [0, 0.05) is 36.5 Å². The van der Waals surface area contributed by atoms with Gasteiger partial charge in [-0.15, -0.1) is 11.8 Å². The van der Waals surface area contributed by atoms with Crippen molar-refractivity contribution in [2.24, 2.45) is 5.92 Å². The number of ether oxygens (including phenoxy) is 2. The number of pyridine rings is 1. The summed E-state index contributed by atoms with van der Waals surface area (Å²) in [6.07, 6.45) is 0.958. The molecule has 47 heavy (non-hydrogen) atoms. The van der Waals surface area contributed by atoms with Crippen molar-refractivity contribution >= 4 is 17.8 Å². The third-order valence-corrected chi connectivity index (χ3v) is 9.36. The summed E-state index contributed by atoms with van der Waals surface area (Å²) in [5, 5.41) is 16.4. The van der Waals surface area contributed by atoms with E-state index in [0.29, 0.717) is 13.1 Å². The van der Waals surface area contributed by atoms with Gasteiger partial charge in [-0.3, -0.25) is 0 Å². The van der Waals surface area contributed by atoms with Gasteiger partial charge in [0.15, 0.2) is 6.29 Å². The van der Waals surface area contributed by atoms with Gasteiger partial charge >= 0.3 is 6.03 Å². The van der Waals surface area contributed by atoms with Crippen molar-refractivity contribution in [2.45, 2.75) is 50.1 Å².